The van der Waals surface area contributed by atoms with E-state index in [2.05, 4.69) is 28.1 Å². The lowest BCUT2D eigenvalue weighted by Crippen LogP contribution is -2.25. The first kappa shape index (κ1) is 17.2. The summed E-state index contributed by atoms with van der Waals surface area (Å²) in [6, 6.07) is 4.27. The number of carbonyl (C=O) groups is 1. The lowest BCUT2D eigenvalue weighted by Gasteiger charge is -2.20. The number of nitrogens with one attached hydrogen (secondary N) is 2. The molecule has 0 saturated heterocycles. The summed E-state index contributed by atoms with van der Waals surface area (Å²) in [5.74, 6) is 1.05. The van der Waals surface area contributed by atoms with E-state index in [1.807, 2.05) is 6.07 Å². The number of rotatable bonds is 3. The molecule has 5 rings (SSSR count). The van der Waals surface area contributed by atoms with Crippen molar-refractivity contribution in [3.05, 3.63) is 45.7 Å². The third-order valence-electron chi connectivity index (χ3n) is 5.99. The number of furan rings is 1. The molecule has 3 aliphatic rings. The van der Waals surface area contributed by atoms with Gasteiger partial charge in [-0.2, -0.15) is 0 Å². The van der Waals surface area contributed by atoms with Gasteiger partial charge in [-0.15, -0.1) is 0 Å². The van der Waals surface area contributed by atoms with Gasteiger partial charge in [0.05, 0.1) is 0 Å². The predicted octanol–water partition coefficient (Wildman–Crippen LogP) is 4.07. The van der Waals surface area contributed by atoms with Crippen LogP contribution in [0.4, 0.5) is 10.5 Å². The van der Waals surface area contributed by atoms with Gasteiger partial charge in [0.2, 0.25) is 0 Å². The van der Waals surface area contributed by atoms with Crippen molar-refractivity contribution < 1.29 is 9.21 Å². The maximum atomic E-state index is 12.6. The van der Waals surface area contributed by atoms with Gasteiger partial charge in [-0.3, -0.25) is 4.72 Å². The number of hydrogen-bond donors (Lipinski definition) is 2. The highest BCUT2D eigenvalue weighted by Crippen LogP contribution is 2.38. The van der Waals surface area contributed by atoms with E-state index in [0.717, 1.165) is 61.7 Å². The van der Waals surface area contributed by atoms with E-state index in [9.17, 15) is 4.79 Å². The van der Waals surface area contributed by atoms with Crippen molar-refractivity contribution in [2.24, 2.45) is 0 Å². The first-order valence-corrected chi connectivity index (χ1v) is 10.7. The number of aryl methyl sites for hydroxylation is 2. The van der Waals surface area contributed by atoms with Gasteiger partial charge in [0.15, 0.2) is 5.09 Å². The third-order valence-corrected chi connectivity index (χ3v) is 6.68. The van der Waals surface area contributed by atoms with Crippen molar-refractivity contribution in [2.75, 3.05) is 18.9 Å². The van der Waals surface area contributed by atoms with Gasteiger partial charge in [0.25, 0.3) is 0 Å². The molecule has 0 radical (unpaired) electrons. The molecule has 0 saturated carbocycles. The highest BCUT2D eigenvalue weighted by atomic mass is 32.2. The first-order valence-electron chi connectivity index (χ1n) is 9.88. The molecule has 2 amide bonds. The van der Waals surface area contributed by atoms with Crippen LogP contribution in [0.5, 0.6) is 0 Å². The molecule has 2 aliphatic carbocycles. The highest BCUT2D eigenvalue weighted by Gasteiger charge is 2.25. The summed E-state index contributed by atoms with van der Waals surface area (Å²) in [5, 5.41) is 3.92. The van der Waals surface area contributed by atoms with Crippen molar-refractivity contribution in [3.8, 4) is 0 Å². The molecule has 6 heteroatoms. The zero-order valence-electron chi connectivity index (χ0n) is 15.7. The van der Waals surface area contributed by atoms with Crippen molar-refractivity contribution in [1.29, 1.82) is 0 Å². The second-order valence-electron chi connectivity index (χ2n) is 7.89. The molecular weight excluding hydrogens is 358 g/mol. The van der Waals surface area contributed by atoms with Crippen LogP contribution in [0, 0.1) is 0 Å². The topological polar surface area (TPSA) is 57.5 Å². The maximum Gasteiger partial charge on any atom is 0.329 e. The molecule has 5 nitrogen and oxygen atoms in total. The summed E-state index contributed by atoms with van der Waals surface area (Å²) in [6.07, 6.45) is 7.74. The van der Waals surface area contributed by atoms with Crippen LogP contribution >= 0.6 is 11.9 Å². The Kier molecular flexibility index (Phi) is 4.40. The third kappa shape index (κ3) is 3.25. The van der Waals surface area contributed by atoms with Crippen LogP contribution in [0.25, 0.3) is 0 Å². The Balaban J connectivity index is 1.28. The molecule has 142 valence electrons. The van der Waals surface area contributed by atoms with Crippen LogP contribution in [0.3, 0.4) is 0 Å². The van der Waals surface area contributed by atoms with E-state index in [-0.39, 0.29) is 6.03 Å². The SMILES string of the molecule is CN1CCc2oc(SNC(=O)Nc3c4c(cc5c3CCC5)CCC4)cc2C1. The summed E-state index contributed by atoms with van der Waals surface area (Å²) in [6.45, 7) is 1.93. The van der Waals surface area contributed by atoms with E-state index in [4.69, 9.17) is 4.42 Å². The fourth-order valence-corrected chi connectivity index (χ4v) is 5.29. The monoisotopic (exact) mass is 383 g/mol. The van der Waals surface area contributed by atoms with Gasteiger partial charge in [-0.25, -0.2) is 4.79 Å². The Hall–Kier alpha value is -1.92. The molecule has 27 heavy (non-hydrogen) atoms. The van der Waals surface area contributed by atoms with E-state index in [1.165, 1.54) is 52.6 Å². The normalized spacial score (nSPS) is 18.1. The molecule has 1 aliphatic heterocycles. The van der Waals surface area contributed by atoms with Crippen LogP contribution in [0.1, 0.15) is 46.4 Å². The fourth-order valence-electron chi connectivity index (χ4n) is 4.70. The zero-order valence-corrected chi connectivity index (χ0v) is 16.5. The fraction of sp³-hybridized carbons (Fsp3) is 0.476. The van der Waals surface area contributed by atoms with Crippen molar-refractivity contribution in [2.45, 2.75) is 56.6 Å². The van der Waals surface area contributed by atoms with Crippen LogP contribution in [-0.2, 0) is 38.6 Å². The number of carbonyl (C=O) groups excluding carboxylic acids is 1. The first-order chi connectivity index (χ1) is 13.2. The number of likely N-dealkylation sites (N-methyl/N-ethyl adjacent to an activating group) is 1. The quantitative estimate of drug-likeness (QED) is 0.785. The summed E-state index contributed by atoms with van der Waals surface area (Å²) >= 11 is 1.26. The largest absolute Gasteiger partial charge is 0.453 e. The van der Waals surface area contributed by atoms with Gasteiger partial charge in [0.1, 0.15) is 5.76 Å². The van der Waals surface area contributed by atoms with Crippen LogP contribution in [-0.4, -0.2) is 24.5 Å². The van der Waals surface area contributed by atoms with E-state index < -0.39 is 0 Å². The van der Waals surface area contributed by atoms with Crippen molar-refractivity contribution in [1.82, 2.24) is 9.62 Å². The molecule has 0 spiro atoms. The van der Waals surface area contributed by atoms with Gasteiger partial charge < -0.3 is 14.6 Å². The van der Waals surface area contributed by atoms with Gasteiger partial charge in [0, 0.05) is 42.7 Å². The lowest BCUT2D eigenvalue weighted by atomic mass is 9.99. The summed E-state index contributed by atoms with van der Waals surface area (Å²) in [7, 11) is 2.12. The minimum atomic E-state index is -0.166. The highest BCUT2D eigenvalue weighted by molar-refractivity contribution is 7.97. The van der Waals surface area contributed by atoms with Crippen molar-refractivity contribution >= 4 is 23.7 Å². The Morgan fingerprint density at radius 1 is 1.04 bits per heavy atom. The molecule has 0 atom stereocenters. The number of amides is 2. The van der Waals surface area contributed by atoms with Crippen LogP contribution in [0.15, 0.2) is 21.6 Å². The lowest BCUT2D eigenvalue weighted by molar-refractivity contribution is 0.257. The smallest absolute Gasteiger partial charge is 0.329 e. The Bertz CT molecular complexity index is 873. The number of benzene rings is 1. The molecule has 0 unspecified atom stereocenters. The molecule has 1 aromatic carbocycles. The Labute approximate surface area is 164 Å². The van der Waals surface area contributed by atoms with Crippen LogP contribution < -0.4 is 10.0 Å². The Morgan fingerprint density at radius 3 is 2.52 bits per heavy atom. The zero-order chi connectivity index (χ0) is 18.4. The summed E-state index contributed by atoms with van der Waals surface area (Å²) in [4.78, 5) is 14.9. The number of hydrogen-bond acceptors (Lipinski definition) is 4. The number of fused-ring (bicyclic) bond motifs is 3. The van der Waals surface area contributed by atoms with E-state index in [0.29, 0.717) is 0 Å². The number of nitrogens with zero attached hydrogens (tertiary/aromatic N) is 1. The second kappa shape index (κ2) is 6.91. The molecule has 0 fully saturated rings. The second-order valence-corrected chi connectivity index (χ2v) is 8.70. The summed E-state index contributed by atoms with van der Waals surface area (Å²) < 4.78 is 8.81. The Morgan fingerprint density at radius 2 is 1.78 bits per heavy atom. The molecule has 2 N–H and O–H groups in total. The van der Waals surface area contributed by atoms with E-state index in [1.54, 1.807) is 0 Å². The minimum Gasteiger partial charge on any atom is -0.453 e. The number of urea groups is 1. The average Bonchev–Trinajstić information content (AvgIpc) is 3.37. The average molecular weight is 384 g/mol. The summed E-state index contributed by atoms with van der Waals surface area (Å²) in [5.41, 5.74) is 7.88. The molecular formula is C21H25N3O2S. The molecule has 2 aromatic rings. The van der Waals surface area contributed by atoms with Crippen molar-refractivity contribution in [3.63, 3.8) is 0 Å². The van der Waals surface area contributed by atoms with Gasteiger partial charge in [-0.05, 0) is 73.9 Å². The van der Waals surface area contributed by atoms with Crippen LogP contribution in [0.2, 0.25) is 0 Å². The molecule has 0 bridgehead atoms. The standard InChI is InChI=1S/C21H25N3O2S/c1-24-9-8-18-15(12-24)11-19(26-18)27-23-21(25)22-20-16-6-2-4-13(16)10-14-5-3-7-17(14)20/h10-11H,2-9,12H2,1H3,(H2,22,23,25). The predicted molar refractivity (Wildman–Crippen MR) is 107 cm³/mol. The van der Waals surface area contributed by atoms with Gasteiger partial charge in [-0.1, -0.05) is 6.07 Å². The molecule has 2 heterocycles. The minimum absolute atomic E-state index is 0.166. The maximum absolute atomic E-state index is 12.6. The number of anilines is 1. The molecule has 1 aromatic heterocycles. The van der Waals surface area contributed by atoms with E-state index >= 15 is 0 Å². The van der Waals surface area contributed by atoms with Gasteiger partial charge >= 0.3 is 6.03 Å².